The van der Waals surface area contributed by atoms with Crippen LogP contribution in [0.2, 0.25) is 0 Å². The Kier molecular flexibility index (Phi) is 5.90. The highest BCUT2D eigenvalue weighted by Crippen LogP contribution is 2.25. The Bertz CT molecular complexity index is 963. The van der Waals surface area contributed by atoms with Crippen LogP contribution < -0.4 is 10.1 Å². The maximum atomic E-state index is 12.2. The van der Waals surface area contributed by atoms with Crippen molar-refractivity contribution < 1.29 is 28.7 Å². The first-order valence-corrected chi connectivity index (χ1v) is 9.12. The second-order valence-corrected chi connectivity index (χ2v) is 6.62. The van der Waals surface area contributed by atoms with Gasteiger partial charge in [-0.1, -0.05) is 12.1 Å². The molecule has 1 aliphatic heterocycles. The first kappa shape index (κ1) is 19.4. The van der Waals surface area contributed by atoms with E-state index in [4.69, 9.17) is 9.47 Å². The minimum atomic E-state index is -0.564. The van der Waals surface area contributed by atoms with Gasteiger partial charge in [-0.05, 0) is 66.7 Å². The van der Waals surface area contributed by atoms with Crippen LogP contribution in [0.5, 0.6) is 5.75 Å². The molecular formula is C20H15NO6S. The van der Waals surface area contributed by atoms with E-state index in [1.54, 1.807) is 37.3 Å². The topological polar surface area (TPSA) is 98.8 Å². The molecule has 0 atom stereocenters. The van der Waals surface area contributed by atoms with Crippen LogP contribution in [0, 0.1) is 0 Å². The zero-order chi connectivity index (χ0) is 20.1. The van der Waals surface area contributed by atoms with Gasteiger partial charge >= 0.3 is 11.9 Å². The van der Waals surface area contributed by atoms with Gasteiger partial charge in [0.2, 0.25) is 0 Å². The van der Waals surface area contributed by atoms with Crippen molar-refractivity contribution in [2.45, 2.75) is 6.92 Å². The van der Waals surface area contributed by atoms with E-state index in [0.717, 1.165) is 11.8 Å². The van der Waals surface area contributed by atoms with Gasteiger partial charge < -0.3 is 9.47 Å². The summed E-state index contributed by atoms with van der Waals surface area (Å²) in [6, 6.07) is 12.4. The third-order valence-electron chi connectivity index (χ3n) is 3.66. The number of hydrogen-bond donors (Lipinski definition) is 1. The number of carbonyl (C=O) groups excluding carboxylic acids is 4. The molecule has 0 saturated carbocycles. The van der Waals surface area contributed by atoms with Crippen molar-refractivity contribution in [3.05, 3.63) is 70.1 Å². The molecule has 1 heterocycles. The maximum absolute atomic E-state index is 12.2. The number of imide groups is 1. The Hall–Kier alpha value is -3.39. The van der Waals surface area contributed by atoms with E-state index in [2.05, 4.69) is 5.32 Å². The summed E-state index contributed by atoms with van der Waals surface area (Å²) in [7, 11) is 0. The van der Waals surface area contributed by atoms with E-state index in [-0.39, 0.29) is 6.61 Å². The van der Waals surface area contributed by atoms with Gasteiger partial charge in [-0.25, -0.2) is 9.59 Å². The standard InChI is InChI=1S/C20H15NO6S/c1-2-26-18(23)13-7-9-15(10-8-13)27-19(24)14-5-3-12(4-6-14)11-16-17(22)21-20(25)28-16/h3-11H,2H2,1H3,(H,21,22,25)/b16-11-. The molecule has 1 saturated heterocycles. The number of hydrogen-bond acceptors (Lipinski definition) is 7. The molecule has 2 amide bonds. The van der Waals surface area contributed by atoms with Crippen molar-refractivity contribution in [2.75, 3.05) is 6.61 Å². The molecule has 0 aromatic heterocycles. The lowest BCUT2D eigenvalue weighted by Gasteiger charge is -2.06. The molecule has 2 aromatic rings. The molecule has 28 heavy (non-hydrogen) atoms. The van der Waals surface area contributed by atoms with Gasteiger partial charge in [0.25, 0.3) is 11.1 Å². The third-order valence-corrected chi connectivity index (χ3v) is 4.47. The summed E-state index contributed by atoms with van der Waals surface area (Å²) < 4.78 is 10.2. The third kappa shape index (κ3) is 4.66. The van der Waals surface area contributed by atoms with Crippen molar-refractivity contribution in [2.24, 2.45) is 0 Å². The molecule has 1 aliphatic rings. The van der Waals surface area contributed by atoms with Crippen LogP contribution in [0.4, 0.5) is 4.79 Å². The minimum Gasteiger partial charge on any atom is -0.462 e. The number of carbonyl (C=O) groups is 4. The lowest BCUT2D eigenvalue weighted by Crippen LogP contribution is -2.17. The molecule has 3 rings (SSSR count). The van der Waals surface area contributed by atoms with E-state index in [1.807, 2.05) is 0 Å². The van der Waals surface area contributed by atoms with Crippen molar-refractivity contribution >= 4 is 40.9 Å². The zero-order valence-corrected chi connectivity index (χ0v) is 15.6. The summed E-state index contributed by atoms with van der Waals surface area (Å²) in [5, 5.41) is 1.76. The van der Waals surface area contributed by atoms with Gasteiger partial charge in [0.15, 0.2) is 0 Å². The highest BCUT2D eigenvalue weighted by atomic mass is 32.2. The fraction of sp³-hybridized carbons (Fsp3) is 0.100. The highest BCUT2D eigenvalue weighted by molar-refractivity contribution is 8.18. The molecular weight excluding hydrogens is 382 g/mol. The van der Waals surface area contributed by atoms with Gasteiger partial charge in [-0.2, -0.15) is 0 Å². The Morgan fingerprint density at radius 3 is 2.14 bits per heavy atom. The van der Waals surface area contributed by atoms with Crippen molar-refractivity contribution in [3.8, 4) is 5.75 Å². The van der Waals surface area contributed by atoms with Crippen LogP contribution in [0.15, 0.2) is 53.4 Å². The molecule has 142 valence electrons. The number of amides is 2. The molecule has 0 bridgehead atoms. The Morgan fingerprint density at radius 2 is 1.57 bits per heavy atom. The smallest absolute Gasteiger partial charge is 0.343 e. The summed E-state index contributed by atoms with van der Waals surface area (Å²) in [5.41, 5.74) is 1.35. The summed E-state index contributed by atoms with van der Waals surface area (Å²) >= 11 is 0.824. The fourth-order valence-corrected chi connectivity index (χ4v) is 3.01. The molecule has 0 radical (unpaired) electrons. The van der Waals surface area contributed by atoms with Gasteiger partial charge in [-0.15, -0.1) is 0 Å². The van der Waals surface area contributed by atoms with Crippen LogP contribution in [-0.2, 0) is 9.53 Å². The van der Waals surface area contributed by atoms with Crippen molar-refractivity contribution in [3.63, 3.8) is 0 Å². The average molecular weight is 397 g/mol. The molecule has 0 spiro atoms. The summed E-state index contributed by atoms with van der Waals surface area (Å²) in [4.78, 5) is 46.9. The monoisotopic (exact) mass is 397 g/mol. The molecule has 7 nitrogen and oxygen atoms in total. The molecule has 0 aliphatic carbocycles. The molecule has 0 unspecified atom stereocenters. The van der Waals surface area contributed by atoms with E-state index >= 15 is 0 Å². The van der Waals surface area contributed by atoms with Gasteiger partial charge in [0.05, 0.1) is 22.6 Å². The zero-order valence-electron chi connectivity index (χ0n) is 14.8. The average Bonchev–Trinajstić information content (AvgIpc) is 3.00. The molecule has 1 fully saturated rings. The molecule has 8 heteroatoms. The van der Waals surface area contributed by atoms with Crippen molar-refractivity contribution in [1.29, 1.82) is 0 Å². The highest BCUT2D eigenvalue weighted by Gasteiger charge is 2.24. The lowest BCUT2D eigenvalue weighted by atomic mass is 10.1. The largest absolute Gasteiger partial charge is 0.462 e. The SMILES string of the molecule is CCOC(=O)c1ccc(OC(=O)c2ccc(/C=C3\SC(=O)NC3=O)cc2)cc1. The van der Waals surface area contributed by atoms with Crippen LogP contribution in [0.3, 0.4) is 0 Å². The van der Waals surface area contributed by atoms with Crippen molar-refractivity contribution in [1.82, 2.24) is 5.32 Å². The Morgan fingerprint density at radius 1 is 0.964 bits per heavy atom. The number of rotatable bonds is 5. The predicted molar refractivity (Wildman–Crippen MR) is 103 cm³/mol. The van der Waals surface area contributed by atoms with E-state index in [9.17, 15) is 19.2 Å². The number of nitrogens with one attached hydrogen (secondary N) is 1. The van der Waals surface area contributed by atoms with Gasteiger partial charge in [0.1, 0.15) is 5.75 Å². The van der Waals surface area contributed by atoms with Gasteiger partial charge in [-0.3, -0.25) is 14.9 Å². The fourth-order valence-electron chi connectivity index (χ4n) is 2.33. The van der Waals surface area contributed by atoms with Gasteiger partial charge in [0, 0.05) is 0 Å². The van der Waals surface area contributed by atoms with E-state index in [1.165, 1.54) is 24.3 Å². The lowest BCUT2D eigenvalue weighted by molar-refractivity contribution is -0.115. The molecule has 1 N–H and O–H groups in total. The van der Waals surface area contributed by atoms with Crippen LogP contribution in [-0.4, -0.2) is 29.7 Å². The minimum absolute atomic E-state index is 0.280. The normalized spacial score (nSPS) is 14.7. The first-order chi connectivity index (χ1) is 13.5. The van der Waals surface area contributed by atoms with Crippen LogP contribution in [0.25, 0.3) is 6.08 Å². The summed E-state index contributed by atoms with van der Waals surface area (Å²) in [6.07, 6.45) is 1.56. The Balaban J connectivity index is 1.65. The number of esters is 2. The Labute approximate surface area is 164 Å². The maximum Gasteiger partial charge on any atom is 0.343 e. The number of benzene rings is 2. The quantitative estimate of drug-likeness (QED) is 0.469. The number of ether oxygens (including phenoxy) is 2. The second kappa shape index (κ2) is 8.53. The van der Waals surface area contributed by atoms with Crippen LogP contribution in [0.1, 0.15) is 33.2 Å². The second-order valence-electron chi connectivity index (χ2n) is 5.61. The summed E-state index contributed by atoms with van der Waals surface area (Å²) in [6.45, 7) is 2.00. The summed E-state index contributed by atoms with van der Waals surface area (Å²) in [5.74, 6) is -1.15. The van der Waals surface area contributed by atoms with E-state index in [0.29, 0.717) is 27.3 Å². The van der Waals surface area contributed by atoms with Crippen LogP contribution >= 0.6 is 11.8 Å². The first-order valence-electron chi connectivity index (χ1n) is 8.30. The number of thioether (sulfide) groups is 1. The van der Waals surface area contributed by atoms with E-state index < -0.39 is 23.1 Å². The molecule has 2 aromatic carbocycles. The predicted octanol–water partition coefficient (Wildman–Crippen LogP) is 3.41.